The number of nitrogens with two attached hydrogens (primary N) is 1. The minimum atomic E-state index is 0. The van der Waals surface area contributed by atoms with Crippen molar-refractivity contribution in [3.8, 4) is 0 Å². The molecule has 0 aliphatic heterocycles. The third-order valence-electron chi connectivity index (χ3n) is 0.500. The van der Waals surface area contributed by atoms with Crippen LogP contribution in [0.5, 0.6) is 0 Å². The number of hydrogen-bond donors (Lipinski definition) is 0. The van der Waals surface area contributed by atoms with E-state index in [0.29, 0.717) is 0 Å². The SMILES string of the molecule is CCCC.[CH3-].[Ir].[NH2-]. The van der Waals surface area contributed by atoms with Gasteiger partial charge in [0.15, 0.2) is 0 Å². The second-order valence-corrected chi connectivity index (χ2v) is 1.000. The molecule has 0 aromatic carbocycles. The minimum Gasteiger partial charge on any atom is -0.693 e. The van der Waals surface area contributed by atoms with Crippen molar-refractivity contribution in [2.45, 2.75) is 26.7 Å². The van der Waals surface area contributed by atoms with Gasteiger partial charge in [-0.1, -0.05) is 26.7 Å². The predicted molar refractivity (Wildman–Crippen MR) is 32.3 cm³/mol. The van der Waals surface area contributed by atoms with Crippen LogP contribution in [0.4, 0.5) is 0 Å². The van der Waals surface area contributed by atoms with Crippen LogP contribution in [0.25, 0.3) is 6.15 Å². The maximum absolute atomic E-state index is 2.18. The van der Waals surface area contributed by atoms with Crippen LogP contribution >= 0.6 is 0 Å². The average molecular weight is 281 g/mol. The number of unbranched alkanes of at least 4 members (excludes halogenated alkanes) is 1. The fraction of sp³-hybridized carbons (Fsp3) is 0.800. The standard InChI is InChI=1S/C4H10.CH3.Ir.H2N/c1-3-4-2;;;/h3-4H2,1-2H3;1H3;;1H2/q;-1;;-1. The molecule has 2 heteroatoms. The van der Waals surface area contributed by atoms with Crippen LogP contribution in [0.1, 0.15) is 26.7 Å². The van der Waals surface area contributed by atoms with Gasteiger partial charge in [-0.15, -0.1) is 0 Å². The van der Waals surface area contributed by atoms with E-state index in [2.05, 4.69) is 13.8 Å². The smallest absolute Gasteiger partial charge is 0 e. The van der Waals surface area contributed by atoms with E-state index in [1.165, 1.54) is 12.8 Å². The Labute approximate surface area is 60.8 Å². The Morgan fingerprint density at radius 2 is 1.14 bits per heavy atom. The number of rotatable bonds is 1. The van der Waals surface area contributed by atoms with E-state index in [0.717, 1.165) is 0 Å². The van der Waals surface area contributed by atoms with Crippen LogP contribution < -0.4 is 0 Å². The molecule has 0 fully saturated rings. The van der Waals surface area contributed by atoms with E-state index in [-0.39, 0.29) is 33.7 Å². The molecule has 0 amide bonds. The first-order chi connectivity index (χ1) is 1.91. The Bertz CT molecular complexity index is 10.0. The van der Waals surface area contributed by atoms with Crippen LogP contribution in [-0.2, 0) is 20.1 Å². The van der Waals surface area contributed by atoms with E-state index in [1.807, 2.05) is 0 Å². The summed E-state index contributed by atoms with van der Waals surface area (Å²) in [6.07, 6.45) is 2.64. The number of hydrogen-bond acceptors (Lipinski definition) is 0. The molecule has 0 saturated carbocycles. The van der Waals surface area contributed by atoms with Crippen molar-refractivity contribution < 1.29 is 20.1 Å². The summed E-state index contributed by atoms with van der Waals surface area (Å²) in [6, 6.07) is 0. The summed E-state index contributed by atoms with van der Waals surface area (Å²) in [5.41, 5.74) is 0. The van der Waals surface area contributed by atoms with Crippen LogP contribution in [0.15, 0.2) is 0 Å². The molecular formula is C5H15IrN-2. The summed E-state index contributed by atoms with van der Waals surface area (Å²) in [6.45, 7) is 4.36. The molecule has 1 radical (unpaired) electrons. The summed E-state index contributed by atoms with van der Waals surface area (Å²) in [5.74, 6) is 0. The minimum absolute atomic E-state index is 0. The molecule has 0 spiro atoms. The topological polar surface area (TPSA) is 33.5 Å². The Morgan fingerprint density at radius 1 is 1.00 bits per heavy atom. The molecule has 0 aliphatic rings. The van der Waals surface area contributed by atoms with Gasteiger partial charge in [0, 0.05) is 20.1 Å². The van der Waals surface area contributed by atoms with Gasteiger partial charge in [0.05, 0.1) is 0 Å². The normalized spacial score (nSPS) is 4.29. The Balaban J connectivity index is -0.0000000150. The Kier molecular flexibility index (Phi) is 111. The van der Waals surface area contributed by atoms with Gasteiger partial charge in [-0.05, 0) is 0 Å². The second kappa shape index (κ2) is 30.5. The van der Waals surface area contributed by atoms with Crippen LogP contribution in [0, 0.1) is 7.43 Å². The maximum atomic E-state index is 2.18. The quantitative estimate of drug-likeness (QED) is 0.662. The molecule has 0 aromatic heterocycles. The molecule has 0 aliphatic carbocycles. The van der Waals surface area contributed by atoms with Crippen molar-refractivity contribution >= 4 is 0 Å². The predicted octanol–water partition coefficient (Wildman–Crippen LogP) is 2.97. The fourth-order valence-corrected chi connectivity index (χ4v) is 0. The van der Waals surface area contributed by atoms with Gasteiger partial charge >= 0.3 is 0 Å². The first kappa shape index (κ1) is 25.5. The summed E-state index contributed by atoms with van der Waals surface area (Å²) in [7, 11) is 0. The first-order valence-corrected chi connectivity index (χ1v) is 1.91. The summed E-state index contributed by atoms with van der Waals surface area (Å²) < 4.78 is 0. The molecule has 0 unspecified atom stereocenters. The molecule has 51 valence electrons. The molecule has 0 saturated heterocycles. The van der Waals surface area contributed by atoms with Crippen LogP contribution in [0.2, 0.25) is 0 Å². The summed E-state index contributed by atoms with van der Waals surface area (Å²) >= 11 is 0. The molecule has 7 heavy (non-hydrogen) atoms. The Morgan fingerprint density at radius 3 is 1.14 bits per heavy atom. The van der Waals surface area contributed by atoms with E-state index >= 15 is 0 Å². The molecule has 0 rings (SSSR count). The average Bonchev–Trinajstić information content (AvgIpc) is 1.37. The van der Waals surface area contributed by atoms with Gasteiger partial charge in [0.25, 0.3) is 0 Å². The van der Waals surface area contributed by atoms with Crippen molar-refractivity contribution in [3.05, 3.63) is 13.6 Å². The molecular weight excluding hydrogens is 266 g/mol. The van der Waals surface area contributed by atoms with E-state index in [1.54, 1.807) is 0 Å². The monoisotopic (exact) mass is 282 g/mol. The van der Waals surface area contributed by atoms with Gasteiger partial charge in [0.1, 0.15) is 0 Å². The van der Waals surface area contributed by atoms with Gasteiger partial charge in [-0.3, -0.25) is 0 Å². The zero-order valence-electron chi connectivity index (χ0n) is 5.32. The van der Waals surface area contributed by atoms with Gasteiger partial charge in [0.2, 0.25) is 0 Å². The van der Waals surface area contributed by atoms with Crippen molar-refractivity contribution in [1.29, 1.82) is 0 Å². The molecule has 0 heterocycles. The van der Waals surface area contributed by atoms with Gasteiger partial charge in [-0.25, -0.2) is 0 Å². The third-order valence-corrected chi connectivity index (χ3v) is 0.500. The van der Waals surface area contributed by atoms with Gasteiger partial charge in [-0.2, -0.15) is 0 Å². The maximum Gasteiger partial charge on any atom is 0 e. The van der Waals surface area contributed by atoms with Crippen LogP contribution in [0.3, 0.4) is 0 Å². The van der Waals surface area contributed by atoms with Gasteiger partial charge < -0.3 is 13.6 Å². The third kappa shape index (κ3) is 54.2. The molecule has 1 nitrogen and oxygen atoms in total. The van der Waals surface area contributed by atoms with E-state index in [9.17, 15) is 0 Å². The van der Waals surface area contributed by atoms with Crippen molar-refractivity contribution in [3.63, 3.8) is 0 Å². The zero-order valence-corrected chi connectivity index (χ0v) is 7.72. The first-order valence-electron chi connectivity index (χ1n) is 1.91. The molecule has 0 aromatic rings. The van der Waals surface area contributed by atoms with E-state index < -0.39 is 0 Å². The summed E-state index contributed by atoms with van der Waals surface area (Å²) in [4.78, 5) is 0. The second-order valence-electron chi connectivity index (χ2n) is 1.000. The van der Waals surface area contributed by atoms with Crippen LogP contribution in [-0.4, -0.2) is 0 Å². The van der Waals surface area contributed by atoms with Crippen molar-refractivity contribution in [2.24, 2.45) is 0 Å². The van der Waals surface area contributed by atoms with Crippen molar-refractivity contribution in [2.75, 3.05) is 0 Å². The summed E-state index contributed by atoms with van der Waals surface area (Å²) in [5, 5.41) is 0. The largest absolute Gasteiger partial charge is 0.693 e. The molecule has 0 bridgehead atoms. The Hall–Kier alpha value is 0.609. The fourth-order valence-electron chi connectivity index (χ4n) is 0. The van der Waals surface area contributed by atoms with Crippen molar-refractivity contribution in [1.82, 2.24) is 0 Å². The molecule has 2 N–H and O–H groups in total. The molecule has 0 atom stereocenters. The van der Waals surface area contributed by atoms with E-state index in [4.69, 9.17) is 0 Å². The zero-order chi connectivity index (χ0) is 3.41.